The smallest absolute Gasteiger partial charge is 0.161 e. The van der Waals surface area contributed by atoms with Gasteiger partial charge in [-0.05, 0) is 63.1 Å². The molecule has 1 N–H and O–H groups in total. The second-order valence-electron chi connectivity index (χ2n) is 6.74. The molecule has 0 aromatic heterocycles. The third-order valence-electron chi connectivity index (χ3n) is 3.41. The van der Waals surface area contributed by atoms with Gasteiger partial charge in [0, 0.05) is 17.1 Å². The first-order chi connectivity index (χ1) is 11.4. The van der Waals surface area contributed by atoms with E-state index in [0.717, 1.165) is 23.6 Å². The first-order valence-electron chi connectivity index (χ1n) is 8.25. The molecule has 0 saturated carbocycles. The van der Waals surface area contributed by atoms with Crippen LogP contribution < -0.4 is 14.8 Å². The van der Waals surface area contributed by atoms with Crippen molar-refractivity contribution in [2.24, 2.45) is 0 Å². The summed E-state index contributed by atoms with van der Waals surface area (Å²) in [5, 5.41) is 4.19. The highest BCUT2D eigenvalue weighted by Gasteiger charge is 2.11. The lowest BCUT2D eigenvalue weighted by atomic mass is 10.1. The average molecular weight is 348 g/mol. The fourth-order valence-electron chi connectivity index (χ4n) is 2.21. The number of hydrogen-bond donors (Lipinski definition) is 1. The van der Waals surface area contributed by atoms with Gasteiger partial charge in [-0.25, -0.2) is 0 Å². The number of ether oxygens (including phenoxy) is 2. The molecule has 2 aromatic carbocycles. The van der Waals surface area contributed by atoms with Crippen molar-refractivity contribution in [1.82, 2.24) is 5.32 Å². The van der Waals surface area contributed by atoms with E-state index in [1.807, 2.05) is 43.3 Å². The standard InChI is InChI=1S/C20H26ClNO2/c1-5-23-19-12-15(13-22-20(2,3)4)9-10-18(19)24-14-16-7-6-8-17(21)11-16/h6-12,22H,5,13-14H2,1-4H3. The van der Waals surface area contributed by atoms with Gasteiger partial charge in [-0.2, -0.15) is 0 Å². The van der Waals surface area contributed by atoms with Gasteiger partial charge in [0.2, 0.25) is 0 Å². The van der Waals surface area contributed by atoms with Crippen molar-refractivity contribution < 1.29 is 9.47 Å². The van der Waals surface area contributed by atoms with E-state index in [-0.39, 0.29) is 5.54 Å². The van der Waals surface area contributed by atoms with Gasteiger partial charge < -0.3 is 14.8 Å². The largest absolute Gasteiger partial charge is 0.490 e. The van der Waals surface area contributed by atoms with Crippen molar-refractivity contribution in [2.75, 3.05) is 6.61 Å². The highest BCUT2D eigenvalue weighted by Crippen LogP contribution is 2.29. The molecule has 0 fully saturated rings. The summed E-state index contributed by atoms with van der Waals surface area (Å²) in [5.41, 5.74) is 2.28. The summed E-state index contributed by atoms with van der Waals surface area (Å²) in [5.74, 6) is 1.52. The van der Waals surface area contributed by atoms with Gasteiger partial charge in [0.25, 0.3) is 0 Å². The van der Waals surface area contributed by atoms with Crippen LogP contribution in [0.3, 0.4) is 0 Å². The van der Waals surface area contributed by atoms with Gasteiger partial charge in [-0.15, -0.1) is 0 Å². The van der Waals surface area contributed by atoms with Crippen molar-refractivity contribution in [1.29, 1.82) is 0 Å². The van der Waals surface area contributed by atoms with Crippen LogP contribution in [-0.2, 0) is 13.2 Å². The Bertz CT molecular complexity index is 665. The van der Waals surface area contributed by atoms with E-state index in [4.69, 9.17) is 21.1 Å². The van der Waals surface area contributed by atoms with E-state index >= 15 is 0 Å². The summed E-state index contributed by atoms with van der Waals surface area (Å²) in [6, 6.07) is 13.7. The summed E-state index contributed by atoms with van der Waals surface area (Å²) in [6.45, 7) is 10.3. The molecular weight excluding hydrogens is 322 g/mol. The zero-order valence-corrected chi connectivity index (χ0v) is 15.6. The van der Waals surface area contributed by atoms with Crippen molar-refractivity contribution in [3.05, 3.63) is 58.6 Å². The Morgan fingerprint density at radius 2 is 1.75 bits per heavy atom. The fourth-order valence-corrected chi connectivity index (χ4v) is 2.42. The lowest BCUT2D eigenvalue weighted by molar-refractivity contribution is 0.269. The molecular formula is C20H26ClNO2. The molecule has 0 aliphatic heterocycles. The third kappa shape index (κ3) is 6.06. The molecule has 2 aromatic rings. The van der Waals surface area contributed by atoms with Crippen molar-refractivity contribution >= 4 is 11.6 Å². The summed E-state index contributed by atoms with van der Waals surface area (Å²) >= 11 is 6.01. The molecule has 0 atom stereocenters. The van der Waals surface area contributed by atoms with Crippen LogP contribution in [0.4, 0.5) is 0 Å². The average Bonchev–Trinajstić information content (AvgIpc) is 2.52. The molecule has 0 unspecified atom stereocenters. The summed E-state index contributed by atoms with van der Waals surface area (Å²) in [7, 11) is 0. The molecule has 0 aliphatic rings. The fraction of sp³-hybridized carbons (Fsp3) is 0.400. The van der Waals surface area contributed by atoms with Crippen molar-refractivity contribution in [3.63, 3.8) is 0 Å². The van der Waals surface area contributed by atoms with Crippen LogP contribution in [0, 0.1) is 0 Å². The van der Waals surface area contributed by atoms with Gasteiger partial charge in [0.15, 0.2) is 11.5 Å². The van der Waals surface area contributed by atoms with Crippen LogP contribution >= 0.6 is 11.6 Å². The van der Waals surface area contributed by atoms with Crippen LogP contribution in [0.1, 0.15) is 38.8 Å². The zero-order valence-electron chi connectivity index (χ0n) is 14.9. The molecule has 130 valence electrons. The van der Waals surface area contributed by atoms with Crippen molar-refractivity contribution in [2.45, 2.75) is 46.4 Å². The second-order valence-corrected chi connectivity index (χ2v) is 7.17. The first-order valence-corrected chi connectivity index (χ1v) is 8.63. The van der Waals surface area contributed by atoms with Crippen LogP contribution in [-0.4, -0.2) is 12.1 Å². The molecule has 2 rings (SSSR count). The molecule has 0 bridgehead atoms. The molecule has 24 heavy (non-hydrogen) atoms. The van der Waals surface area contributed by atoms with E-state index < -0.39 is 0 Å². The lowest BCUT2D eigenvalue weighted by Gasteiger charge is -2.21. The van der Waals surface area contributed by atoms with Crippen molar-refractivity contribution in [3.8, 4) is 11.5 Å². The summed E-state index contributed by atoms with van der Waals surface area (Å²) in [4.78, 5) is 0. The molecule has 3 nitrogen and oxygen atoms in total. The quantitative estimate of drug-likeness (QED) is 0.746. The molecule has 0 amide bonds. The molecule has 0 radical (unpaired) electrons. The predicted octanol–water partition coefficient (Wildman–Crippen LogP) is 5.21. The SMILES string of the molecule is CCOc1cc(CNC(C)(C)C)ccc1OCc1cccc(Cl)c1. The maximum absolute atomic E-state index is 6.01. The highest BCUT2D eigenvalue weighted by molar-refractivity contribution is 6.30. The van der Waals surface area contributed by atoms with Crippen LogP contribution in [0.2, 0.25) is 5.02 Å². The topological polar surface area (TPSA) is 30.5 Å². The van der Waals surface area contributed by atoms with Crippen LogP contribution in [0.15, 0.2) is 42.5 Å². The van der Waals surface area contributed by atoms with Gasteiger partial charge in [0.05, 0.1) is 6.61 Å². The Hall–Kier alpha value is -1.71. The van der Waals surface area contributed by atoms with Gasteiger partial charge >= 0.3 is 0 Å². The minimum atomic E-state index is 0.0769. The Balaban J connectivity index is 2.08. The highest BCUT2D eigenvalue weighted by atomic mass is 35.5. The summed E-state index contributed by atoms with van der Waals surface area (Å²) < 4.78 is 11.7. The number of benzene rings is 2. The number of hydrogen-bond acceptors (Lipinski definition) is 3. The van der Waals surface area contributed by atoms with E-state index in [9.17, 15) is 0 Å². The molecule has 0 aliphatic carbocycles. The van der Waals surface area contributed by atoms with E-state index in [2.05, 4.69) is 32.2 Å². The lowest BCUT2D eigenvalue weighted by Crippen LogP contribution is -2.35. The molecule has 0 spiro atoms. The zero-order chi connectivity index (χ0) is 17.6. The minimum absolute atomic E-state index is 0.0769. The van der Waals surface area contributed by atoms with E-state index in [1.165, 1.54) is 5.56 Å². The third-order valence-corrected chi connectivity index (χ3v) is 3.65. The number of nitrogens with one attached hydrogen (secondary N) is 1. The normalized spacial score (nSPS) is 11.4. The molecule has 0 saturated heterocycles. The number of halogens is 1. The Morgan fingerprint density at radius 1 is 0.958 bits per heavy atom. The van der Waals surface area contributed by atoms with Crippen LogP contribution in [0.25, 0.3) is 0 Å². The Kier molecular flexibility index (Phi) is 6.52. The van der Waals surface area contributed by atoms with E-state index in [0.29, 0.717) is 18.2 Å². The predicted molar refractivity (Wildman–Crippen MR) is 100.0 cm³/mol. The number of rotatable bonds is 7. The first kappa shape index (κ1) is 18.6. The summed E-state index contributed by atoms with van der Waals surface area (Å²) in [6.07, 6.45) is 0. The van der Waals surface area contributed by atoms with Crippen LogP contribution in [0.5, 0.6) is 11.5 Å². The van der Waals surface area contributed by atoms with Gasteiger partial charge in [-0.3, -0.25) is 0 Å². The van der Waals surface area contributed by atoms with E-state index in [1.54, 1.807) is 0 Å². The monoisotopic (exact) mass is 347 g/mol. The maximum atomic E-state index is 6.01. The molecule has 0 heterocycles. The minimum Gasteiger partial charge on any atom is -0.490 e. The Morgan fingerprint density at radius 3 is 2.42 bits per heavy atom. The van der Waals surface area contributed by atoms with Gasteiger partial charge in [0.1, 0.15) is 6.61 Å². The van der Waals surface area contributed by atoms with Gasteiger partial charge in [-0.1, -0.05) is 29.8 Å². The Labute approximate surface area is 149 Å². The maximum Gasteiger partial charge on any atom is 0.161 e. The molecule has 4 heteroatoms. The second kappa shape index (κ2) is 8.41.